The van der Waals surface area contributed by atoms with Gasteiger partial charge in [0.1, 0.15) is 11.3 Å². The first kappa shape index (κ1) is 19.4. The minimum Gasteiger partial charge on any atom is -0.368 e. The Balaban J connectivity index is 1.73. The number of ketones is 1. The number of carbonyl (C=O) groups excluding carboxylic acids is 1. The third kappa shape index (κ3) is 2.91. The van der Waals surface area contributed by atoms with Gasteiger partial charge in [-0.3, -0.25) is 14.2 Å². The van der Waals surface area contributed by atoms with Crippen LogP contribution in [0.25, 0.3) is 16.0 Å². The van der Waals surface area contributed by atoms with Crippen molar-refractivity contribution in [1.82, 2.24) is 24.1 Å². The number of carbonyl (C=O) groups is 1. The van der Waals surface area contributed by atoms with Gasteiger partial charge in [0.25, 0.3) is 5.56 Å². The van der Waals surface area contributed by atoms with Crippen molar-refractivity contribution in [1.29, 1.82) is 0 Å². The largest absolute Gasteiger partial charge is 0.368 e. The number of anilines is 2. The molecule has 2 N–H and O–H groups in total. The zero-order valence-electron chi connectivity index (χ0n) is 17.1. The van der Waals surface area contributed by atoms with Crippen molar-refractivity contribution in [2.45, 2.75) is 19.4 Å². The highest BCUT2D eigenvalue weighted by atomic mass is 16.1. The highest BCUT2D eigenvalue weighted by molar-refractivity contribution is 5.98. The lowest BCUT2D eigenvalue weighted by atomic mass is 10.00. The normalized spacial score (nSPS) is 15.4. The molecule has 5 rings (SSSR count). The molecule has 1 aromatic carbocycles. The van der Waals surface area contributed by atoms with Gasteiger partial charge in [0, 0.05) is 18.9 Å². The van der Waals surface area contributed by atoms with Crippen molar-refractivity contribution < 1.29 is 4.79 Å². The molecule has 4 heterocycles. The number of nitrogens with two attached hydrogens (primary N) is 1. The molecule has 0 unspecified atom stereocenters. The topological polar surface area (TPSA) is 116 Å². The number of para-hydroxylation sites is 1. The van der Waals surface area contributed by atoms with Crippen LogP contribution in [0, 0.1) is 6.57 Å². The number of hydrogen-bond donors (Lipinski definition) is 1. The molecular weight excluding hydrogens is 408 g/mol. The van der Waals surface area contributed by atoms with E-state index in [1.165, 1.54) is 22.2 Å². The third-order valence-corrected chi connectivity index (χ3v) is 5.58. The van der Waals surface area contributed by atoms with Gasteiger partial charge in [0.15, 0.2) is 11.6 Å². The summed E-state index contributed by atoms with van der Waals surface area (Å²) in [5, 5.41) is 4.71. The van der Waals surface area contributed by atoms with Gasteiger partial charge >= 0.3 is 0 Å². The molecule has 0 amide bonds. The van der Waals surface area contributed by atoms with Crippen LogP contribution in [-0.4, -0.2) is 36.5 Å². The van der Waals surface area contributed by atoms with E-state index in [1.807, 2.05) is 35.2 Å². The summed E-state index contributed by atoms with van der Waals surface area (Å²) in [4.78, 5) is 39.3. The first-order valence-electron chi connectivity index (χ1n) is 9.97. The summed E-state index contributed by atoms with van der Waals surface area (Å²) in [6.45, 7) is 9.46. The Morgan fingerprint density at radius 2 is 2.03 bits per heavy atom. The Bertz CT molecular complexity index is 1470. The number of aromatic nitrogens is 5. The van der Waals surface area contributed by atoms with Crippen molar-refractivity contribution in [3.05, 3.63) is 82.0 Å². The summed E-state index contributed by atoms with van der Waals surface area (Å²) in [5.41, 5.74) is 6.92. The summed E-state index contributed by atoms with van der Waals surface area (Å²) in [6.07, 6.45) is 3.73. The molecule has 0 bridgehead atoms. The predicted molar refractivity (Wildman–Crippen MR) is 118 cm³/mol. The number of fused-ring (bicyclic) bond motifs is 1. The number of rotatable bonds is 4. The zero-order chi connectivity index (χ0) is 22.4. The SMILES string of the molecule is [C-]#[N+]c1ccn2nc([C@@H]3CCN3c3nc(N)ncc3C(C)=O)n(-c3ccccc3)c(=O)c12. The van der Waals surface area contributed by atoms with Crippen LogP contribution in [0.4, 0.5) is 17.5 Å². The second-order valence-electron chi connectivity index (χ2n) is 7.46. The fraction of sp³-hybridized carbons (Fsp3) is 0.182. The molecule has 0 spiro atoms. The number of hydrogen-bond acceptors (Lipinski definition) is 7. The average molecular weight is 426 g/mol. The second-order valence-corrected chi connectivity index (χ2v) is 7.46. The maximum absolute atomic E-state index is 13.5. The Labute approximate surface area is 182 Å². The van der Waals surface area contributed by atoms with E-state index in [0.29, 0.717) is 35.9 Å². The smallest absolute Gasteiger partial charge is 0.271 e. The zero-order valence-corrected chi connectivity index (χ0v) is 17.1. The Morgan fingerprint density at radius 1 is 1.25 bits per heavy atom. The molecule has 1 aliphatic heterocycles. The molecular formula is C22H18N8O2. The minimum atomic E-state index is -0.335. The molecule has 0 radical (unpaired) electrons. The molecule has 4 aromatic rings. The number of benzene rings is 1. The van der Waals surface area contributed by atoms with E-state index in [1.54, 1.807) is 12.3 Å². The summed E-state index contributed by atoms with van der Waals surface area (Å²) in [5.74, 6) is 0.788. The van der Waals surface area contributed by atoms with Gasteiger partial charge in [-0.15, -0.1) is 0 Å². The summed E-state index contributed by atoms with van der Waals surface area (Å²) in [6, 6.07) is 10.4. The van der Waals surface area contributed by atoms with E-state index < -0.39 is 0 Å². The fourth-order valence-corrected chi connectivity index (χ4v) is 3.96. The van der Waals surface area contributed by atoms with E-state index in [2.05, 4.69) is 14.8 Å². The summed E-state index contributed by atoms with van der Waals surface area (Å²) < 4.78 is 2.97. The number of Topliss-reactive ketones (excluding diaryl/α,β-unsaturated/α-hetero) is 1. The van der Waals surface area contributed by atoms with E-state index in [0.717, 1.165) is 0 Å². The van der Waals surface area contributed by atoms with Crippen LogP contribution in [0.2, 0.25) is 0 Å². The summed E-state index contributed by atoms with van der Waals surface area (Å²) in [7, 11) is 0. The quantitative estimate of drug-likeness (QED) is 0.394. The molecule has 32 heavy (non-hydrogen) atoms. The van der Waals surface area contributed by atoms with Gasteiger partial charge in [-0.05, 0) is 31.5 Å². The van der Waals surface area contributed by atoms with Crippen molar-refractivity contribution in [2.24, 2.45) is 0 Å². The van der Waals surface area contributed by atoms with Crippen molar-refractivity contribution >= 4 is 28.8 Å². The number of nitrogens with zero attached hydrogens (tertiary/aromatic N) is 7. The molecule has 1 atom stereocenters. The van der Waals surface area contributed by atoms with E-state index in [-0.39, 0.29) is 34.5 Å². The van der Waals surface area contributed by atoms with Gasteiger partial charge in [-0.1, -0.05) is 18.2 Å². The minimum absolute atomic E-state index is 0.0617. The Hall–Kier alpha value is -4.52. The van der Waals surface area contributed by atoms with E-state index in [4.69, 9.17) is 17.4 Å². The Kier molecular flexibility index (Phi) is 4.44. The van der Waals surface area contributed by atoms with Gasteiger partial charge in [-0.25, -0.2) is 14.3 Å². The molecule has 0 aliphatic carbocycles. The summed E-state index contributed by atoms with van der Waals surface area (Å²) >= 11 is 0. The molecule has 1 saturated heterocycles. The lowest BCUT2D eigenvalue weighted by Crippen LogP contribution is -2.45. The number of nitrogen functional groups attached to an aromatic ring is 1. The first-order valence-corrected chi connectivity index (χ1v) is 9.97. The van der Waals surface area contributed by atoms with Gasteiger partial charge < -0.3 is 10.6 Å². The first-order chi connectivity index (χ1) is 15.5. The molecule has 10 heteroatoms. The van der Waals surface area contributed by atoms with Crippen LogP contribution in [0.15, 0.2) is 53.6 Å². The van der Waals surface area contributed by atoms with Crippen molar-refractivity contribution in [3.63, 3.8) is 0 Å². The lowest BCUT2D eigenvalue weighted by Gasteiger charge is -2.42. The fourth-order valence-electron chi connectivity index (χ4n) is 3.96. The van der Waals surface area contributed by atoms with E-state index in [9.17, 15) is 9.59 Å². The highest BCUT2D eigenvalue weighted by Gasteiger charge is 2.37. The van der Waals surface area contributed by atoms with Crippen LogP contribution in [-0.2, 0) is 0 Å². The molecule has 1 aliphatic rings. The van der Waals surface area contributed by atoms with Crippen LogP contribution in [0.5, 0.6) is 0 Å². The average Bonchev–Trinajstić information content (AvgIpc) is 3.17. The van der Waals surface area contributed by atoms with Gasteiger partial charge in [0.2, 0.25) is 11.6 Å². The highest BCUT2D eigenvalue weighted by Crippen LogP contribution is 2.38. The van der Waals surface area contributed by atoms with Crippen molar-refractivity contribution in [3.8, 4) is 5.69 Å². The monoisotopic (exact) mass is 426 g/mol. The van der Waals surface area contributed by atoms with Crippen LogP contribution in [0.1, 0.15) is 35.6 Å². The Morgan fingerprint density at radius 3 is 2.69 bits per heavy atom. The maximum atomic E-state index is 13.5. The molecule has 3 aromatic heterocycles. The molecule has 0 saturated carbocycles. The van der Waals surface area contributed by atoms with Gasteiger partial charge in [0.05, 0.1) is 23.9 Å². The van der Waals surface area contributed by atoms with Gasteiger partial charge in [-0.2, -0.15) is 10.1 Å². The van der Waals surface area contributed by atoms with Crippen LogP contribution >= 0.6 is 0 Å². The predicted octanol–water partition coefficient (Wildman–Crippen LogP) is 2.56. The lowest BCUT2D eigenvalue weighted by molar-refractivity contribution is 0.101. The molecule has 158 valence electrons. The molecule has 1 fully saturated rings. The third-order valence-electron chi connectivity index (χ3n) is 5.58. The standard InChI is InChI=1S/C22H18N8O2/c1-13(31)15-12-25-22(23)26-19(15)28-10-9-17(28)20-27-29-11-8-16(24-2)18(29)21(32)30(20)14-6-4-3-5-7-14/h3-8,11-12,17H,9-10H2,1H3,(H2,23,25,26)/t17-/m0/s1. The van der Waals surface area contributed by atoms with Crippen LogP contribution < -0.4 is 16.2 Å². The van der Waals surface area contributed by atoms with Crippen LogP contribution in [0.3, 0.4) is 0 Å². The molecule has 10 nitrogen and oxygen atoms in total. The maximum Gasteiger partial charge on any atom is 0.271 e. The van der Waals surface area contributed by atoms with E-state index >= 15 is 0 Å². The second kappa shape index (κ2) is 7.31. The van der Waals surface area contributed by atoms with Crippen molar-refractivity contribution in [2.75, 3.05) is 17.2 Å².